The number of benzene rings is 2. The summed E-state index contributed by atoms with van der Waals surface area (Å²) in [6.07, 6.45) is 2.24. The molecule has 3 rings (SSSR count). The molecule has 0 saturated carbocycles. The summed E-state index contributed by atoms with van der Waals surface area (Å²) < 4.78 is 5.50. The average Bonchev–Trinajstić information content (AvgIpc) is 2.56. The van der Waals surface area contributed by atoms with Crippen molar-refractivity contribution >= 4 is 24.8 Å². The molecular weight excluding hydrogens is 343 g/mol. The predicted octanol–water partition coefficient (Wildman–Crippen LogP) is 4.20. The van der Waals surface area contributed by atoms with Gasteiger partial charge in [-0.1, -0.05) is 48.5 Å². The number of likely N-dealkylation sites (tertiary alicyclic amines) is 1. The number of rotatable bonds is 4. The summed E-state index contributed by atoms with van der Waals surface area (Å²) in [7, 11) is 1.73. The van der Waals surface area contributed by atoms with Crippen LogP contribution >= 0.6 is 24.8 Å². The molecule has 2 atom stereocenters. The van der Waals surface area contributed by atoms with Crippen molar-refractivity contribution in [2.45, 2.75) is 31.5 Å². The topological polar surface area (TPSA) is 38.5 Å². The Labute approximate surface area is 157 Å². The molecule has 1 aliphatic rings. The summed E-state index contributed by atoms with van der Waals surface area (Å²) in [5.41, 5.74) is 8.98. The van der Waals surface area contributed by atoms with E-state index < -0.39 is 0 Å². The molecule has 24 heavy (non-hydrogen) atoms. The lowest BCUT2D eigenvalue weighted by molar-refractivity contribution is 0.119. The van der Waals surface area contributed by atoms with E-state index in [0.29, 0.717) is 0 Å². The Morgan fingerprint density at radius 3 is 2.42 bits per heavy atom. The van der Waals surface area contributed by atoms with Crippen molar-refractivity contribution in [1.29, 1.82) is 0 Å². The SMILES string of the molecule is COc1ccccc1CN1CCC[C@H](N)[C@H]1c1ccccc1.Cl.Cl. The molecule has 0 amide bonds. The quantitative estimate of drug-likeness (QED) is 0.878. The van der Waals surface area contributed by atoms with E-state index in [1.165, 1.54) is 11.1 Å². The van der Waals surface area contributed by atoms with Crippen LogP contribution < -0.4 is 10.5 Å². The van der Waals surface area contributed by atoms with Gasteiger partial charge in [0, 0.05) is 18.2 Å². The fraction of sp³-hybridized carbons (Fsp3) is 0.368. The standard InChI is InChI=1S/C19H24N2O.2ClH/c1-22-18-12-6-5-10-16(18)14-21-13-7-11-17(20)19(21)15-8-3-2-4-9-15;;/h2-6,8-10,12,17,19H,7,11,13-14,20H2,1H3;2*1H/t17-,19+;;/m0../s1. The molecular formula is C19H26Cl2N2O. The number of hydrogen-bond acceptors (Lipinski definition) is 3. The number of piperidine rings is 1. The van der Waals surface area contributed by atoms with Gasteiger partial charge in [-0.25, -0.2) is 0 Å². The number of ether oxygens (including phenoxy) is 1. The Balaban J connectivity index is 0.00000144. The number of halogens is 2. The van der Waals surface area contributed by atoms with Crippen LogP contribution in [-0.4, -0.2) is 24.6 Å². The first kappa shape index (κ1) is 20.8. The van der Waals surface area contributed by atoms with Gasteiger partial charge in [-0.15, -0.1) is 24.8 Å². The molecule has 5 heteroatoms. The fourth-order valence-electron chi connectivity index (χ4n) is 3.44. The molecule has 0 aromatic heterocycles. The molecule has 0 unspecified atom stereocenters. The highest BCUT2D eigenvalue weighted by molar-refractivity contribution is 5.85. The summed E-state index contributed by atoms with van der Waals surface area (Å²) in [5.74, 6) is 0.952. The Kier molecular flexibility index (Phi) is 8.57. The summed E-state index contributed by atoms with van der Waals surface area (Å²) in [6.45, 7) is 1.95. The average molecular weight is 369 g/mol. The van der Waals surface area contributed by atoms with Gasteiger partial charge in [0.05, 0.1) is 13.2 Å². The van der Waals surface area contributed by atoms with Gasteiger partial charge in [-0.2, -0.15) is 0 Å². The van der Waals surface area contributed by atoms with Gasteiger partial charge >= 0.3 is 0 Å². The zero-order valence-corrected chi connectivity index (χ0v) is 15.6. The number of methoxy groups -OCH3 is 1. The summed E-state index contributed by atoms with van der Waals surface area (Å²) in [5, 5.41) is 0. The summed E-state index contributed by atoms with van der Waals surface area (Å²) in [6, 6.07) is 19.3. The molecule has 0 bridgehead atoms. The molecule has 1 fully saturated rings. The maximum atomic E-state index is 6.45. The van der Waals surface area contributed by atoms with Crippen molar-refractivity contribution in [2.75, 3.05) is 13.7 Å². The zero-order valence-electron chi connectivity index (χ0n) is 13.9. The van der Waals surface area contributed by atoms with Gasteiger partial charge in [0.2, 0.25) is 0 Å². The number of hydrogen-bond donors (Lipinski definition) is 1. The van der Waals surface area contributed by atoms with E-state index in [2.05, 4.69) is 47.4 Å². The normalized spacial score (nSPS) is 20.6. The van der Waals surface area contributed by atoms with E-state index in [9.17, 15) is 0 Å². The summed E-state index contributed by atoms with van der Waals surface area (Å²) in [4.78, 5) is 2.49. The van der Waals surface area contributed by atoms with Gasteiger partial charge in [0.1, 0.15) is 5.75 Å². The summed E-state index contributed by atoms with van der Waals surface area (Å²) >= 11 is 0. The molecule has 0 radical (unpaired) electrons. The second kappa shape index (κ2) is 9.90. The highest BCUT2D eigenvalue weighted by Crippen LogP contribution is 2.32. The second-order valence-electron chi connectivity index (χ2n) is 5.94. The highest BCUT2D eigenvalue weighted by atomic mass is 35.5. The Morgan fingerprint density at radius 2 is 1.71 bits per heavy atom. The van der Waals surface area contributed by atoms with Crippen LogP contribution in [0.5, 0.6) is 5.75 Å². The van der Waals surface area contributed by atoms with Crippen molar-refractivity contribution < 1.29 is 4.74 Å². The maximum absolute atomic E-state index is 6.45. The van der Waals surface area contributed by atoms with Crippen molar-refractivity contribution in [3.8, 4) is 5.75 Å². The lowest BCUT2D eigenvalue weighted by atomic mass is 9.90. The van der Waals surface area contributed by atoms with Crippen molar-refractivity contribution in [3.05, 3.63) is 65.7 Å². The fourth-order valence-corrected chi connectivity index (χ4v) is 3.44. The third-order valence-corrected chi connectivity index (χ3v) is 4.49. The first-order chi connectivity index (χ1) is 10.8. The van der Waals surface area contributed by atoms with Gasteiger partial charge < -0.3 is 10.5 Å². The van der Waals surface area contributed by atoms with Crippen molar-refractivity contribution in [2.24, 2.45) is 5.73 Å². The number of nitrogens with two attached hydrogens (primary N) is 1. The van der Waals surface area contributed by atoms with E-state index in [1.54, 1.807) is 7.11 Å². The zero-order chi connectivity index (χ0) is 15.4. The van der Waals surface area contributed by atoms with Crippen LogP contribution in [0.25, 0.3) is 0 Å². The third-order valence-electron chi connectivity index (χ3n) is 4.49. The van der Waals surface area contributed by atoms with Crippen LogP contribution in [0.1, 0.15) is 30.0 Å². The van der Waals surface area contributed by atoms with Crippen LogP contribution in [0.3, 0.4) is 0 Å². The monoisotopic (exact) mass is 368 g/mol. The first-order valence-electron chi connectivity index (χ1n) is 7.96. The largest absolute Gasteiger partial charge is 0.496 e. The Morgan fingerprint density at radius 1 is 1.04 bits per heavy atom. The van der Waals surface area contributed by atoms with Gasteiger partial charge in [-0.3, -0.25) is 4.90 Å². The first-order valence-corrected chi connectivity index (χ1v) is 7.96. The minimum Gasteiger partial charge on any atom is -0.496 e. The Hall–Kier alpha value is -1.26. The number of nitrogens with zero attached hydrogens (tertiary/aromatic N) is 1. The van der Waals surface area contributed by atoms with E-state index in [1.807, 2.05) is 12.1 Å². The van der Waals surface area contributed by atoms with E-state index in [-0.39, 0.29) is 36.9 Å². The second-order valence-corrected chi connectivity index (χ2v) is 5.94. The predicted molar refractivity (Wildman–Crippen MR) is 104 cm³/mol. The minimum atomic E-state index is 0. The molecule has 1 heterocycles. The van der Waals surface area contributed by atoms with E-state index in [4.69, 9.17) is 10.5 Å². The van der Waals surface area contributed by atoms with Crippen molar-refractivity contribution in [1.82, 2.24) is 4.90 Å². The van der Waals surface area contributed by atoms with Gasteiger partial charge in [0.15, 0.2) is 0 Å². The Bertz CT molecular complexity index is 609. The highest BCUT2D eigenvalue weighted by Gasteiger charge is 2.30. The van der Waals surface area contributed by atoms with Crippen LogP contribution in [-0.2, 0) is 6.54 Å². The van der Waals surface area contributed by atoms with E-state index >= 15 is 0 Å². The minimum absolute atomic E-state index is 0. The van der Waals surface area contributed by atoms with Crippen LogP contribution in [0.2, 0.25) is 0 Å². The molecule has 0 spiro atoms. The maximum Gasteiger partial charge on any atom is 0.123 e. The van der Waals surface area contributed by atoms with Crippen LogP contribution in [0.4, 0.5) is 0 Å². The molecule has 2 aromatic carbocycles. The lowest BCUT2D eigenvalue weighted by Gasteiger charge is -2.40. The lowest BCUT2D eigenvalue weighted by Crippen LogP contribution is -2.45. The van der Waals surface area contributed by atoms with Gasteiger partial charge in [0.25, 0.3) is 0 Å². The smallest absolute Gasteiger partial charge is 0.123 e. The molecule has 2 aromatic rings. The van der Waals surface area contributed by atoms with Crippen LogP contribution in [0.15, 0.2) is 54.6 Å². The molecule has 3 nitrogen and oxygen atoms in total. The third kappa shape index (κ3) is 4.64. The van der Waals surface area contributed by atoms with Crippen molar-refractivity contribution in [3.63, 3.8) is 0 Å². The molecule has 132 valence electrons. The molecule has 0 aliphatic carbocycles. The van der Waals surface area contributed by atoms with Crippen LogP contribution in [0, 0.1) is 0 Å². The van der Waals surface area contributed by atoms with Gasteiger partial charge in [-0.05, 0) is 31.0 Å². The van der Waals surface area contributed by atoms with E-state index in [0.717, 1.165) is 31.7 Å². The molecule has 2 N–H and O–H groups in total. The molecule has 1 saturated heterocycles. The molecule has 1 aliphatic heterocycles. The number of para-hydroxylation sites is 1.